The molecule has 0 spiro atoms. The molecule has 0 heterocycles. The highest BCUT2D eigenvalue weighted by molar-refractivity contribution is 5.21. The number of hydrogen-bond acceptors (Lipinski definition) is 3. The second-order valence-corrected chi connectivity index (χ2v) is 6.05. The summed E-state index contributed by atoms with van der Waals surface area (Å²) in [6.07, 6.45) is -0.787. The van der Waals surface area contributed by atoms with Gasteiger partial charge in [0, 0.05) is 18.2 Å². The van der Waals surface area contributed by atoms with Crippen molar-refractivity contribution in [2.24, 2.45) is 0 Å². The largest absolute Gasteiger partial charge is 0.389 e. The Bertz CT molecular complexity index is 696. The lowest BCUT2D eigenvalue weighted by Crippen LogP contribution is -2.34. The SMILES string of the molecule is CC(c1ccc(F)c(F)c1)N(C)CC(O)COCc1ccccc1F. The van der Waals surface area contributed by atoms with Crippen molar-refractivity contribution >= 4 is 0 Å². The highest BCUT2D eigenvalue weighted by Gasteiger charge is 2.17. The molecule has 25 heavy (non-hydrogen) atoms. The molecule has 0 aromatic heterocycles. The first-order chi connectivity index (χ1) is 11.9. The average molecular weight is 353 g/mol. The predicted molar refractivity (Wildman–Crippen MR) is 89.5 cm³/mol. The lowest BCUT2D eigenvalue weighted by Gasteiger charge is -2.27. The van der Waals surface area contributed by atoms with Gasteiger partial charge in [0.05, 0.1) is 19.3 Å². The lowest BCUT2D eigenvalue weighted by molar-refractivity contribution is 0.00777. The summed E-state index contributed by atoms with van der Waals surface area (Å²) in [5, 5.41) is 10.1. The minimum absolute atomic E-state index is 0.0448. The number of halogens is 3. The maximum Gasteiger partial charge on any atom is 0.159 e. The van der Waals surface area contributed by atoms with Gasteiger partial charge in [-0.05, 0) is 37.7 Å². The fourth-order valence-electron chi connectivity index (χ4n) is 2.49. The van der Waals surface area contributed by atoms with Gasteiger partial charge in [-0.2, -0.15) is 0 Å². The summed E-state index contributed by atoms with van der Waals surface area (Å²) in [6.45, 7) is 2.23. The van der Waals surface area contributed by atoms with Gasteiger partial charge in [0.1, 0.15) is 5.82 Å². The van der Waals surface area contributed by atoms with E-state index in [4.69, 9.17) is 4.74 Å². The normalized spacial score (nSPS) is 13.9. The average Bonchev–Trinajstić information content (AvgIpc) is 2.58. The number of rotatable bonds is 8. The van der Waals surface area contributed by atoms with Crippen molar-refractivity contribution in [2.45, 2.75) is 25.7 Å². The summed E-state index contributed by atoms with van der Waals surface area (Å²) < 4.78 is 45.2. The molecule has 2 unspecified atom stereocenters. The molecule has 6 heteroatoms. The summed E-state index contributed by atoms with van der Waals surface area (Å²) in [5.41, 5.74) is 1.04. The second kappa shape index (κ2) is 8.99. The molecule has 0 fully saturated rings. The summed E-state index contributed by atoms with van der Waals surface area (Å²) in [4.78, 5) is 1.81. The molecule has 0 aliphatic heterocycles. The van der Waals surface area contributed by atoms with E-state index in [1.54, 1.807) is 25.2 Å². The van der Waals surface area contributed by atoms with Gasteiger partial charge in [0.25, 0.3) is 0 Å². The molecule has 0 radical (unpaired) electrons. The van der Waals surface area contributed by atoms with Gasteiger partial charge in [-0.1, -0.05) is 24.3 Å². The Balaban J connectivity index is 1.81. The van der Waals surface area contributed by atoms with Crippen LogP contribution in [-0.4, -0.2) is 36.3 Å². The van der Waals surface area contributed by atoms with Crippen molar-refractivity contribution in [1.82, 2.24) is 4.90 Å². The number of benzene rings is 2. The number of likely N-dealkylation sites (N-methyl/N-ethyl adjacent to an activating group) is 1. The molecule has 2 rings (SSSR count). The first kappa shape index (κ1) is 19.4. The molecule has 0 bridgehead atoms. The number of nitrogens with zero attached hydrogens (tertiary/aromatic N) is 1. The van der Waals surface area contributed by atoms with Gasteiger partial charge in [-0.15, -0.1) is 0 Å². The minimum atomic E-state index is -0.897. The van der Waals surface area contributed by atoms with Crippen LogP contribution in [0.2, 0.25) is 0 Å². The Labute approximate surface area is 145 Å². The molecule has 2 atom stereocenters. The highest BCUT2D eigenvalue weighted by atomic mass is 19.2. The number of ether oxygens (including phenoxy) is 1. The Hall–Kier alpha value is -1.89. The zero-order valence-corrected chi connectivity index (χ0v) is 14.3. The van der Waals surface area contributed by atoms with Crippen LogP contribution in [0.3, 0.4) is 0 Å². The topological polar surface area (TPSA) is 32.7 Å². The highest BCUT2D eigenvalue weighted by Crippen LogP contribution is 2.21. The third-order valence-electron chi connectivity index (χ3n) is 4.11. The molecule has 2 aromatic rings. The second-order valence-electron chi connectivity index (χ2n) is 6.05. The first-order valence-electron chi connectivity index (χ1n) is 8.03. The summed E-state index contributed by atoms with van der Waals surface area (Å²) in [6, 6.07) is 9.83. The Morgan fingerprint density at radius 3 is 2.44 bits per heavy atom. The van der Waals surface area contributed by atoms with E-state index in [9.17, 15) is 18.3 Å². The van der Waals surface area contributed by atoms with Crippen molar-refractivity contribution in [1.29, 1.82) is 0 Å². The summed E-state index contributed by atoms with van der Waals surface area (Å²) in [7, 11) is 1.77. The van der Waals surface area contributed by atoms with Crippen LogP contribution in [0.25, 0.3) is 0 Å². The first-order valence-corrected chi connectivity index (χ1v) is 8.03. The number of aliphatic hydroxyl groups excluding tert-OH is 1. The predicted octanol–water partition coefficient (Wildman–Crippen LogP) is 3.67. The van der Waals surface area contributed by atoms with Gasteiger partial charge in [0.2, 0.25) is 0 Å². The van der Waals surface area contributed by atoms with E-state index in [2.05, 4.69) is 0 Å². The molecule has 0 aliphatic rings. The molecular formula is C19H22F3NO2. The smallest absolute Gasteiger partial charge is 0.159 e. The van der Waals surface area contributed by atoms with Crippen molar-refractivity contribution in [3.63, 3.8) is 0 Å². The molecule has 0 saturated heterocycles. The van der Waals surface area contributed by atoms with Crippen molar-refractivity contribution in [3.05, 3.63) is 71.0 Å². The lowest BCUT2D eigenvalue weighted by atomic mass is 10.1. The van der Waals surface area contributed by atoms with Gasteiger partial charge in [-0.3, -0.25) is 4.90 Å². The molecule has 3 nitrogen and oxygen atoms in total. The third kappa shape index (κ3) is 5.56. The van der Waals surface area contributed by atoms with Gasteiger partial charge in [-0.25, -0.2) is 13.2 Å². The fraction of sp³-hybridized carbons (Fsp3) is 0.368. The minimum Gasteiger partial charge on any atom is -0.389 e. The van der Waals surface area contributed by atoms with Gasteiger partial charge in [0.15, 0.2) is 11.6 Å². The quantitative estimate of drug-likeness (QED) is 0.786. The van der Waals surface area contributed by atoms with Crippen LogP contribution in [0.5, 0.6) is 0 Å². The standard InChI is InChI=1S/C19H22F3NO2/c1-13(14-7-8-18(21)19(22)9-14)23(2)10-16(24)12-25-11-15-5-3-4-6-17(15)20/h3-9,13,16,24H,10-12H2,1-2H3. The molecule has 1 N–H and O–H groups in total. The van der Waals surface area contributed by atoms with E-state index in [0.29, 0.717) is 11.1 Å². The monoisotopic (exact) mass is 353 g/mol. The van der Waals surface area contributed by atoms with Crippen LogP contribution in [0, 0.1) is 17.5 Å². The summed E-state index contributed by atoms with van der Waals surface area (Å²) >= 11 is 0. The zero-order valence-electron chi connectivity index (χ0n) is 14.3. The maximum absolute atomic E-state index is 13.5. The van der Waals surface area contributed by atoms with E-state index in [1.165, 1.54) is 12.1 Å². The zero-order chi connectivity index (χ0) is 18.4. The van der Waals surface area contributed by atoms with Gasteiger partial charge >= 0.3 is 0 Å². The van der Waals surface area contributed by atoms with Gasteiger partial charge < -0.3 is 9.84 Å². The van der Waals surface area contributed by atoms with Crippen LogP contribution in [0.4, 0.5) is 13.2 Å². The van der Waals surface area contributed by atoms with E-state index in [1.807, 2.05) is 11.8 Å². The van der Waals surface area contributed by atoms with Crippen LogP contribution in [0.15, 0.2) is 42.5 Å². The number of aliphatic hydroxyl groups is 1. The van der Waals surface area contributed by atoms with Crippen LogP contribution >= 0.6 is 0 Å². The molecule has 136 valence electrons. The fourth-order valence-corrected chi connectivity index (χ4v) is 2.49. The van der Waals surface area contributed by atoms with Crippen LogP contribution < -0.4 is 0 Å². The molecule has 0 amide bonds. The van der Waals surface area contributed by atoms with Crippen LogP contribution in [-0.2, 0) is 11.3 Å². The Kier molecular flexibility index (Phi) is 6.99. The van der Waals surface area contributed by atoms with E-state index in [-0.39, 0.29) is 31.6 Å². The maximum atomic E-state index is 13.5. The van der Waals surface area contributed by atoms with E-state index >= 15 is 0 Å². The molecule has 0 aliphatic carbocycles. The third-order valence-corrected chi connectivity index (χ3v) is 4.11. The Morgan fingerprint density at radius 2 is 1.76 bits per heavy atom. The van der Waals surface area contributed by atoms with E-state index in [0.717, 1.165) is 12.1 Å². The Morgan fingerprint density at radius 1 is 1.04 bits per heavy atom. The van der Waals surface area contributed by atoms with Crippen molar-refractivity contribution in [2.75, 3.05) is 20.2 Å². The molecular weight excluding hydrogens is 331 g/mol. The molecule has 0 saturated carbocycles. The molecule has 2 aromatic carbocycles. The van der Waals surface area contributed by atoms with Crippen LogP contribution in [0.1, 0.15) is 24.1 Å². The summed E-state index contributed by atoms with van der Waals surface area (Å²) in [5.74, 6) is -2.13. The van der Waals surface area contributed by atoms with Crippen molar-refractivity contribution < 1.29 is 23.0 Å². The number of hydrogen-bond donors (Lipinski definition) is 1. The van der Waals surface area contributed by atoms with E-state index < -0.39 is 17.7 Å². The van der Waals surface area contributed by atoms with Crippen molar-refractivity contribution in [3.8, 4) is 0 Å².